The van der Waals surface area contributed by atoms with Crippen LogP contribution in [0.3, 0.4) is 0 Å². The number of likely N-dealkylation sites (tertiary alicyclic amines) is 1. The average Bonchev–Trinajstić information content (AvgIpc) is 3.13. The van der Waals surface area contributed by atoms with Crippen LogP contribution in [0.1, 0.15) is 34.9 Å². The maximum Gasteiger partial charge on any atom is 0.228 e. The lowest BCUT2D eigenvalue weighted by Crippen LogP contribution is -2.39. The third-order valence-electron chi connectivity index (χ3n) is 4.18. The Labute approximate surface area is 135 Å². The van der Waals surface area contributed by atoms with Crippen molar-refractivity contribution >= 4 is 17.2 Å². The lowest BCUT2D eigenvalue weighted by molar-refractivity contribution is -0.131. The zero-order chi connectivity index (χ0) is 15.7. The summed E-state index contributed by atoms with van der Waals surface area (Å²) >= 11 is 1.60. The van der Waals surface area contributed by atoms with Gasteiger partial charge in [0.25, 0.3) is 0 Å². The van der Waals surface area contributed by atoms with Crippen LogP contribution in [-0.2, 0) is 17.8 Å². The number of nitrogens with zero attached hydrogens (tertiary/aromatic N) is 4. The highest BCUT2D eigenvalue weighted by atomic mass is 32.1. The van der Waals surface area contributed by atoms with Gasteiger partial charge in [0.15, 0.2) is 0 Å². The van der Waals surface area contributed by atoms with E-state index in [4.69, 9.17) is 0 Å². The zero-order valence-electron chi connectivity index (χ0n) is 13.4. The normalized spacial score (nSPS) is 18.1. The van der Waals surface area contributed by atoms with Crippen molar-refractivity contribution in [1.82, 2.24) is 19.7 Å². The number of thiazole rings is 1. The molecule has 1 atom stereocenters. The summed E-state index contributed by atoms with van der Waals surface area (Å²) in [6, 6.07) is 2.34. The van der Waals surface area contributed by atoms with Gasteiger partial charge in [-0.1, -0.05) is 0 Å². The van der Waals surface area contributed by atoms with E-state index >= 15 is 0 Å². The molecule has 1 aliphatic rings. The highest BCUT2D eigenvalue weighted by Crippen LogP contribution is 2.21. The Morgan fingerprint density at radius 3 is 2.86 bits per heavy atom. The van der Waals surface area contributed by atoms with Gasteiger partial charge in [-0.2, -0.15) is 5.10 Å². The van der Waals surface area contributed by atoms with Gasteiger partial charge in [0.05, 0.1) is 35.4 Å². The molecule has 1 aliphatic heterocycles. The minimum Gasteiger partial charge on any atom is -0.338 e. The van der Waals surface area contributed by atoms with Crippen molar-refractivity contribution in [2.45, 2.75) is 52.6 Å². The molecule has 0 spiro atoms. The van der Waals surface area contributed by atoms with Crippen molar-refractivity contribution in [2.24, 2.45) is 0 Å². The molecule has 3 rings (SSSR count). The maximum absolute atomic E-state index is 12.6. The first-order valence-corrected chi connectivity index (χ1v) is 8.62. The molecule has 2 aromatic rings. The van der Waals surface area contributed by atoms with Crippen molar-refractivity contribution in [2.75, 3.05) is 6.54 Å². The van der Waals surface area contributed by atoms with E-state index in [9.17, 15) is 4.79 Å². The summed E-state index contributed by atoms with van der Waals surface area (Å²) in [6.45, 7) is 7.69. The van der Waals surface area contributed by atoms with Gasteiger partial charge in [-0.25, -0.2) is 4.98 Å². The van der Waals surface area contributed by atoms with Gasteiger partial charge in [-0.3, -0.25) is 9.48 Å². The summed E-state index contributed by atoms with van der Waals surface area (Å²) in [5.74, 6) is 0.189. The number of aryl methyl sites for hydroxylation is 3. The number of hydrogen-bond donors (Lipinski definition) is 0. The maximum atomic E-state index is 12.6. The molecule has 1 saturated heterocycles. The lowest BCUT2D eigenvalue weighted by atomic mass is 10.2. The van der Waals surface area contributed by atoms with Crippen LogP contribution in [0.15, 0.2) is 11.4 Å². The molecule has 5 nitrogen and oxygen atoms in total. The monoisotopic (exact) mass is 318 g/mol. The van der Waals surface area contributed by atoms with Crippen molar-refractivity contribution in [3.05, 3.63) is 33.5 Å². The van der Waals surface area contributed by atoms with Crippen LogP contribution < -0.4 is 0 Å². The van der Waals surface area contributed by atoms with E-state index in [1.54, 1.807) is 11.3 Å². The third-order valence-corrected chi connectivity index (χ3v) is 5.01. The van der Waals surface area contributed by atoms with Gasteiger partial charge in [0, 0.05) is 17.6 Å². The van der Waals surface area contributed by atoms with Gasteiger partial charge >= 0.3 is 0 Å². The molecule has 0 bridgehead atoms. The molecule has 3 heterocycles. The van der Waals surface area contributed by atoms with Gasteiger partial charge < -0.3 is 4.90 Å². The van der Waals surface area contributed by atoms with Crippen molar-refractivity contribution < 1.29 is 4.79 Å². The van der Waals surface area contributed by atoms with Crippen LogP contribution in [0.25, 0.3) is 0 Å². The first-order chi connectivity index (χ1) is 10.5. The lowest BCUT2D eigenvalue weighted by Gasteiger charge is -2.25. The number of carbonyl (C=O) groups is 1. The molecule has 0 N–H and O–H groups in total. The molecule has 1 amide bonds. The smallest absolute Gasteiger partial charge is 0.228 e. The summed E-state index contributed by atoms with van der Waals surface area (Å²) in [5, 5.41) is 7.53. The molecular formula is C16H22N4OS. The third kappa shape index (κ3) is 3.21. The SMILES string of the molecule is Cc1cc(C)n(C[C@@H]2CCCN2C(=O)Cc2csc(C)n2)n1. The zero-order valence-corrected chi connectivity index (χ0v) is 14.2. The fourth-order valence-corrected chi connectivity index (χ4v) is 3.77. The minimum atomic E-state index is 0.189. The molecule has 0 saturated carbocycles. The van der Waals surface area contributed by atoms with E-state index in [2.05, 4.69) is 23.1 Å². The number of carbonyl (C=O) groups excluding carboxylic acids is 1. The predicted octanol–water partition coefficient (Wildman–Crippen LogP) is 2.50. The standard InChI is InChI=1S/C16H22N4OS/c1-11-7-12(2)20(18-11)9-15-5-4-6-19(15)16(21)8-14-10-22-13(3)17-14/h7,10,15H,4-6,8-9H2,1-3H3/t15-/m0/s1. The molecule has 0 aromatic carbocycles. The molecule has 118 valence electrons. The highest BCUT2D eigenvalue weighted by Gasteiger charge is 2.29. The summed E-state index contributed by atoms with van der Waals surface area (Å²) in [7, 11) is 0. The topological polar surface area (TPSA) is 51.0 Å². The molecule has 0 aliphatic carbocycles. The van der Waals surface area contributed by atoms with Gasteiger partial charge in [-0.15, -0.1) is 11.3 Å². The second-order valence-corrected chi connectivity index (χ2v) is 7.09. The fourth-order valence-electron chi connectivity index (χ4n) is 3.16. The molecule has 0 unspecified atom stereocenters. The summed E-state index contributed by atoms with van der Waals surface area (Å²) in [4.78, 5) is 19.0. The van der Waals surface area contributed by atoms with Crippen LogP contribution in [0.2, 0.25) is 0 Å². The van der Waals surface area contributed by atoms with E-state index in [-0.39, 0.29) is 11.9 Å². The quantitative estimate of drug-likeness (QED) is 0.870. The number of rotatable bonds is 4. The molecule has 0 radical (unpaired) electrons. The average molecular weight is 318 g/mol. The molecular weight excluding hydrogens is 296 g/mol. The first kappa shape index (κ1) is 15.2. The van der Waals surface area contributed by atoms with E-state index in [1.165, 1.54) is 0 Å². The molecule has 22 heavy (non-hydrogen) atoms. The van der Waals surface area contributed by atoms with Crippen molar-refractivity contribution in [3.63, 3.8) is 0 Å². The second kappa shape index (κ2) is 6.20. The molecule has 6 heteroatoms. The fraction of sp³-hybridized carbons (Fsp3) is 0.562. The highest BCUT2D eigenvalue weighted by molar-refractivity contribution is 7.09. The van der Waals surface area contributed by atoms with Gasteiger partial charge in [0.1, 0.15) is 0 Å². The van der Waals surface area contributed by atoms with Crippen LogP contribution in [0.5, 0.6) is 0 Å². The summed E-state index contributed by atoms with van der Waals surface area (Å²) in [5.41, 5.74) is 3.09. The van der Waals surface area contributed by atoms with E-state index in [0.29, 0.717) is 6.42 Å². The molecule has 2 aromatic heterocycles. The predicted molar refractivity (Wildman–Crippen MR) is 87.0 cm³/mol. The van der Waals surface area contributed by atoms with Crippen LogP contribution >= 0.6 is 11.3 Å². The second-order valence-electron chi connectivity index (χ2n) is 6.03. The van der Waals surface area contributed by atoms with Crippen molar-refractivity contribution in [1.29, 1.82) is 0 Å². The van der Waals surface area contributed by atoms with Gasteiger partial charge in [0.2, 0.25) is 5.91 Å². The summed E-state index contributed by atoms with van der Waals surface area (Å²) < 4.78 is 2.03. The van der Waals surface area contributed by atoms with Crippen LogP contribution in [0.4, 0.5) is 0 Å². The Balaban J connectivity index is 1.67. The van der Waals surface area contributed by atoms with E-state index in [0.717, 1.165) is 48.0 Å². The minimum absolute atomic E-state index is 0.189. The Morgan fingerprint density at radius 1 is 1.41 bits per heavy atom. The largest absolute Gasteiger partial charge is 0.338 e. The Morgan fingerprint density at radius 2 is 2.23 bits per heavy atom. The Kier molecular flexibility index (Phi) is 4.29. The van der Waals surface area contributed by atoms with E-state index in [1.807, 2.05) is 28.8 Å². The molecule has 1 fully saturated rings. The summed E-state index contributed by atoms with van der Waals surface area (Å²) in [6.07, 6.45) is 2.55. The number of aromatic nitrogens is 3. The van der Waals surface area contributed by atoms with E-state index < -0.39 is 0 Å². The van der Waals surface area contributed by atoms with Crippen LogP contribution in [0, 0.1) is 20.8 Å². The number of amides is 1. The Hall–Kier alpha value is -1.69. The van der Waals surface area contributed by atoms with Gasteiger partial charge in [-0.05, 0) is 39.7 Å². The van der Waals surface area contributed by atoms with Crippen LogP contribution in [-0.4, -0.2) is 38.2 Å². The number of hydrogen-bond acceptors (Lipinski definition) is 4. The Bertz CT molecular complexity index is 675. The first-order valence-electron chi connectivity index (χ1n) is 7.74. The van der Waals surface area contributed by atoms with Crippen molar-refractivity contribution in [3.8, 4) is 0 Å².